The van der Waals surface area contributed by atoms with E-state index in [-0.39, 0.29) is 0 Å². The second-order valence-corrected chi connectivity index (χ2v) is 5.10. The summed E-state index contributed by atoms with van der Waals surface area (Å²) in [5.41, 5.74) is 2.94. The molecule has 1 heterocycles. The minimum atomic E-state index is 0.428. The van der Waals surface area contributed by atoms with E-state index in [0.29, 0.717) is 5.70 Å². The second kappa shape index (κ2) is 5.27. The third-order valence-corrected chi connectivity index (χ3v) is 3.34. The third kappa shape index (κ3) is 2.33. The van der Waals surface area contributed by atoms with E-state index in [1.165, 1.54) is 0 Å². The standard InChI is InChI=1S/C15H9BrN4/c16-12-5-3-4-11(8-12)9-13(10-17)20-15-7-2-1-6-14(15)18-19-20/h1-9H/b13-9-. The van der Waals surface area contributed by atoms with Crippen LogP contribution in [0.4, 0.5) is 0 Å². The lowest BCUT2D eigenvalue weighted by molar-refractivity contribution is 0.848. The molecule has 0 fully saturated rings. The predicted molar refractivity (Wildman–Crippen MR) is 81.5 cm³/mol. The van der Waals surface area contributed by atoms with Crippen molar-refractivity contribution >= 4 is 38.7 Å². The highest BCUT2D eigenvalue weighted by molar-refractivity contribution is 9.10. The summed E-state index contributed by atoms with van der Waals surface area (Å²) in [5, 5.41) is 17.5. The summed E-state index contributed by atoms with van der Waals surface area (Å²) in [6, 6.07) is 17.5. The van der Waals surface area contributed by atoms with Gasteiger partial charge in [0.25, 0.3) is 0 Å². The van der Waals surface area contributed by atoms with Crippen molar-refractivity contribution in [1.82, 2.24) is 15.0 Å². The van der Waals surface area contributed by atoms with Gasteiger partial charge in [0.1, 0.15) is 17.3 Å². The van der Waals surface area contributed by atoms with Crippen molar-refractivity contribution in [2.24, 2.45) is 0 Å². The molecule has 96 valence electrons. The molecule has 3 aromatic rings. The molecule has 0 amide bonds. The summed E-state index contributed by atoms with van der Waals surface area (Å²) in [6.07, 6.45) is 1.78. The van der Waals surface area contributed by atoms with E-state index in [9.17, 15) is 5.26 Å². The molecule has 5 heteroatoms. The van der Waals surface area contributed by atoms with Crippen molar-refractivity contribution in [3.63, 3.8) is 0 Å². The van der Waals surface area contributed by atoms with E-state index in [4.69, 9.17) is 0 Å². The molecule has 2 aromatic carbocycles. The maximum atomic E-state index is 9.37. The topological polar surface area (TPSA) is 54.5 Å². The molecule has 0 radical (unpaired) electrons. The normalized spacial score (nSPS) is 11.5. The molecule has 0 unspecified atom stereocenters. The van der Waals surface area contributed by atoms with Gasteiger partial charge in [-0.1, -0.05) is 45.4 Å². The highest BCUT2D eigenvalue weighted by Gasteiger charge is 2.07. The van der Waals surface area contributed by atoms with Gasteiger partial charge in [0.15, 0.2) is 0 Å². The Morgan fingerprint density at radius 2 is 2.05 bits per heavy atom. The lowest BCUT2D eigenvalue weighted by atomic mass is 10.2. The highest BCUT2D eigenvalue weighted by Crippen LogP contribution is 2.19. The zero-order chi connectivity index (χ0) is 13.9. The number of nitriles is 1. The molecule has 1 aromatic heterocycles. The van der Waals surface area contributed by atoms with Crippen LogP contribution < -0.4 is 0 Å². The van der Waals surface area contributed by atoms with Crippen LogP contribution in [0.2, 0.25) is 0 Å². The van der Waals surface area contributed by atoms with Gasteiger partial charge in [0.2, 0.25) is 0 Å². The molecule has 0 saturated heterocycles. The molecule has 0 aliphatic rings. The summed E-state index contributed by atoms with van der Waals surface area (Å²) in [5.74, 6) is 0. The van der Waals surface area contributed by atoms with Crippen molar-refractivity contribution < 1.29 is 0 Å². The number of hydrogen-bond donors (Lipinski definition) is 0. The van der Waals surface area contributed by atoms with Crippen LogP contribution in [0.3, 0.4) is 0 Å². The maximum absolute atomic E-state index is 9.37. The summed E-state index contributed by atoms with van der Waals surface area (Å²) >= 11 is 3.42. The lowest BCUT2D eigenvalue weighted by Gasteiger charge is -2.00. The largest absolute Gasteiger partial charge is 0.202 e. The first kappa shape index (κ1) is 12.6. The number of halogens is 1. The van der Waals surface area contributed by atoms with Gasteiger partial charge in [0.05, 0.1) is 5.52 Å². The molecule has 0 saturated carbocycles. The zero-order valence-electron chi connectivity index (χ0n) is 10.4. The average Bonchev–Trinajstić information content (AvgIpc) is 2.89. The smallest absolute Gasteiger partial charge is 0.145 e. The van der Waals surface area contributed by atoms with Crippen LogP contribution in [0.25, 0.3) is 22.8 Å². The van der Waals surface area contributed by atoms with Gasteiger partial charge in [-0.25, -0.2) is 4.68 Å². The van der Waals surface area contributed by atoms with E-state index >= 15 is 0 Å². The Balaban J connectivity index is 2.13. The van der Waals surface area contributed by atoms with E-state index in [1.54, 1.807) is 10.8 Å². The fraction of sp³-hybridized carbons (Fsp3) is 0. The summed E-state index contributed by atoms with van der Waals surface area (Å²) in [6.45, 7) is 0. The number of rotatable bonds is 2. The third-order valence-electron chi connectivity index (χ3n) is 2.85. The predicted octanol–water partition coefficient (Wildman–Crippen LogP) is 3.72. The Labute approximate surface area is 124 Å². The Bertz CT molecular complexity index is 842. The Morgan fingerprint density at radius 1 is 1.20 bits per heavy atom. The van der Waals surface area contributed by atoms with E-state index < -0.39 is 0 Å². The molecule has 0 aliphatic carbocycles. The Hall–Kier alpha value is -2.45. The Kier molecular flexibility index (Phi) is 3.32. The molecule has 0 spiro atoms. The van der Waals surface area contributed by atoms with Crippen molar-refractivity contribution in [1.29, 1.82) is 5.26 Å². The number of fused-ring (bicyclic) bond motifs is 1. The number of hydrogen-bond acceptors (Lipinski definition) is 3. The van der Waals surface area contributed by atoms with Crippen molar-refractivity contribution in [3.05, 3.63) is 58.6 Å². The van der Waals surface area contributed by atoms with Crippen LogP contribution in [-0.4, -0.2) is 15.0 Å². The maximum Gasteiger partial charge on any atom is 0.145 e. The van der Waals surface area contributed by atoms with Gasteiger partial charge in [-0.05, 0) is 35.9 Å². The van der Waals surface area contributed by atoms with E-state index in [1.807, 2.05) is 48.5 Å². The van der Waals surface area contributed by atoms with E-state index in [2.05, 4.69) is 32.3 Å². The monoisotopic (exact) mass is 324 g/mol. The Morgan fingerprint density at radius 3 is 2.85 bits per heavy atom. The van der Waals surface area contributed by atoms with Crippen molar-refractivity contribution in [2.45, 2.75) is 0 Å². The number of benzene rings is 2. The first-order valence-electron chi connectivity index (χ1n) is 5.96. The van der Waals surface area contributed by atoms with E-state index in [0.717, 1.165) is 21.1 Å². The number of para-hydroxylation sites is 1. The molecule has 3 rings (SSSR count). The fourth-order valence-corrected chi connectivity index (χ4v) is 2.36. The van der Waals surface area contributed by atoms with Crippen LogP contribution in [0.15, 0.2) is 53.0 Å². The molecule has 0 N–H and O–H groups in total. The molecule has 20 heavy (non-hydrogen) atoms. The summed E-state index contributed by atoms with van der Waals surface area (Å²) in [7, 11) is 0. The molecule has 0 bridgehead atoms. The van der Waals surface area contributed by atoms with Crippen LogP contribution in [0, 0.1) is 11.3 Å². The first-order chi connectivity index (χ1) is 9.78. The van der Waals surface area contributed by atoms with Crippen LogP contribution in [0.1, 0.15) is 5.56 Å². The lowest BCUT2D eigenvalue weighted by Crippen LogP contribution is -1.97. The SMILES string of the molecule is N#C/C(=C/c1cccc(Br)c1)n1nnc2ccccc21. The molecule has 0 aliphatic heterocycles. The number of nitrogens with zero attached hydrogens (tertiary/aromatic N) is 4. The summed E-state index contributed by atoms with van der Waals surface area (Å²) < 4.78 is 2.52. The fourth-order valence-electron chi connectivity index (χ4n) is 1.94. The van der Waals surface area contributed by atoms with Gasteiger partial charge in [-0.2, -0.15) is 5.26 Å². The molecule has 4 nitrogen and oxygen atoms in total. The van der Waals surface area contributed by atoms with Crippen LogP contribution in [0.5, 0.6) is 0 Å². The molecule has 0 atom stereocenters. The van der Waals surface area contributed by atoms with Crippen LogP contribution >= 0.6 is 15.9 Å². The van der Waals surface area contributed by atoms with Crippen molar-refractivity contribution in [3.8, 4) is 6.07 Å². The molecular formula is C15H9BrN4. The molecular weight excluding hydrogens is 316 g/mol. The number of allylic oxidation sites excluding steroid dienone is 1. The van der Waals surface area contributed by atoms with Gasteiger partial charge in [0, 0.05) is 4.47 Å². The summed E-state index contributed by atoms with van der Waals surface area (Å²) in [4.78, 5) is 0. The highest BCUT2D eigenvalue weighted by atomic mass is 79.9. The van der Waals surface area contributed by atoms with Gasteiger partial charge >= 0.3 is 0 Å². The van der Waals surface area contributed by atoms with Crippen LogP contribution in [-0.2, 0) is 0 Å². The first-order valence-corrected chi connectivity index (χ1v) is 6.75. The van der Waals surface area contributed by atoms with Gasteiger partial charge in [-0.15, -0.1) is 5.10 Å². The average molecular weight is 325 g/mol. The minimum Gasteiger partial charge on any atom is -0.202 e. The van der Waals surface area contributed by atoms with Gasteiger partial charge in [-0.3, -0.25) is 0 Å². The van der Waals surface area contributed by atoms with Crippen molar-refractivity contribution in [2.75, 3.05) is 0 Å². The zero-order valence-corrected chi connectivity index (χ0v) is 11.9. The van der Waals surface area contributed by atoms with Gasteiger partial charge < -0.3 is 0 Å². The quantitative estimate of drug-likeness (QED) is 0.675. The minimum absolute atomic E-state index is 0.428. The second-order valence-electron chi connectivity index (χ2n) is 4.19. The number of aromatic nitrogens is 3.